The van der Waals surface area contributed by atoms with Gasteiger partial charge in [0, 0.05) is 70.3 Å². The zero-order valence-electron chi connectivity index (χ0n) is 23.8. The Bertz CT molecular complexity index is 1150. The van der Waals surface area contributed by atoms with Crippen LogP contribution in [0.15, 0.2) is 12.1 Å². The van der Waals surface area contributed by atoms with Crippen LogP contribution < -0.4 is 15.2 Å². The van der Waals surface area contributed by atoms with Crippen LogP contribution in [-0.4, -0.2) is 119 Å². The van der Waals surface area contributed by atoms with Gasteiger partial charge in [0.25, 0.3) is 0 Å². The number of carbonyl (C=O) groups excluding carboxylic acids is 3. The minimum Gasteiger partial charge on any atom is -0.481 e. The van der Waals surface area contributed by atoms with Crippen molar-refractivity contribution in [1.29, 1.82) is 0 Å². The molecule has 0 bridgehead atoms. The first-order valence-corrected chi connectivity index (χ1v) is 14.2. The van der Waals surface area contributed by atoms with Crippen LogP contribution in [0.5, 0.6) is 11.5 Å². The Balaban J connectivity index is 1.63. The fourth-order valence-corrected chi connectivity index (χ4v) is 6.08. The molecule has 2 saturated heterocycles. The standard InChI is InChI=1S/C28H41N5O8/c1-3-4-8-31(11-7-29)24(36)15-33-14-20(18-12-19(16-34)26-22(13-18)40-17-41-26)25(27(37)38)21(33)5-9-32-10-6-23(35)30(2)28(32)39/h12-13,20-21,25,34H,3-11,14-17,29H2,1-2H3,(H,37,38)/t20-,21+,25-/m1/s1. The van der Waals surface area contributed by atoms with Crippen LogP contribution in [-0.2, 0) is 21.0 Å². The number of rotatable bonds is 13. The summed E-state index contributed by atoms with van der Waals surface area (Å²) >= 11 is 0. The van der Waals surface area contributed by atoms with E-state index in [2.05, 4.69) is 0 Å². The summed E-state index contributed by atoms with van der Waals surface area (Å²) in [6.07, 6.45) is 2.26. The van der Waals surface area contributed by atoms with Crippen molar-refractivity contribution in [2.45, 2.75) is 51.2 Å². The lowest BCUT2D eigenvalue weighted by molar-refractivity contribution is -0.143. The normalized spacial score (nSPS) is 22.5. The molecule has 0 aromatic heterocycles. The maximum Gasteiger partial charge on any atom is 0.326 e. The number of amides is 4. The van der Waals surface area contributed by atoms with Gasteiger partial charge in [-0.05, 0) is 30.5 Å². The topological polar surface area (TPSA) is 166 Å². The summed E-state index contributed by atoms with van der Waals surface area (Å²) in [6, 6.07) is 2.52. The number of nitrogens with zero attached hydrogens (tertiary/aromatic N) is 4. The van der Waals surface area contributed by atoms with Crippen molar-refractivity contribution >= 4 is 23.8 Å². The molecule has 2 fully saturated rings. The van der Waals surface area contributed by atoms with Crippen LogP contribution in [0.4, 0.5) is 4.79 Å². The number of carbonyl (C=O) groups is 4. The summed E-state index contributed by atoms with van der Waals surface area (Å²) in [6.45, 7) is 3.86. The number of aliphatic carboxylic acids is 1. The van der Waals surface area contributed by atoms with Gasteiger partial charge in [-0.25, -0.2) is 4.79 Å². The maximum absolute atomic E-state index is 13.5. The molecular weight excluding hydrogens is 534 g/mol. The van der Waals surface area contributed by atoms with E-state index in [1.54, 1.807) is 21.9 Å². The van der Waals surface area contributed by atoms with Crippen molar-refractivity contribution in [2.24, 2.45) is 11.7 Å². The van der Waals surface area contributed by atoms with Crippen LogP contribution in [0.25, 0.3) is 0 Å². The molecule has 1 aromatic carbocycles. The van der Waals surface area contributed by atoms with Gasteiger partial charge in [-0.15, -0.1) is 0 Å². The number of urea groups is 1. The van der Waals surface area contributed by atoms with Crippen molar-refractivity contribution in [3.05, 3.63) is 23.3 Å². The Morgan fingerprint density at radius 1 is 1.20 bits per heavy atom. The Morgan fingerprint density at radius 2 is 1.98 bits per heavy atom. The Morgan fingerprint density at radius 3 is 2.66 bits per heavy atom. The van der Waals surface area contributed by atoms with Gasteiger partial charge in [0.1, 0.15) is 0 Å². The monoisotopic (exact) mass is 575 g/mol. The highest BCUT2D eigenvalue weighted by Gasteiger charge is 2.48. The number of likely N-dealkylation sites (tertiary alicyclic amines) is 1. The number of aliphatic hydroxyl groups is 1. The first-order valence-electron chi connectivity index (χ1n) is 14.2. The number of aliphatic hydroxyl groups excluding tert-OH is 1. The maximum atomic E-state index is 13.5. The molecular formula is C28H41N5O8. The van der Waals surface area contributed by atoms with Crippen molar-refractivity contribution < 1.29 is 38.9 Å². The molecule has 1 aromatic rings. The number of hydrogen-bond donors (Lipinski definition) is 3. The Hall–Kier alpha value is -3.42. The van der Waals surface area contributed by atoms with E-state index in [1.807, 2.05) is 11.8 Å². The van der Waals surface area contributed by atoms with Crippen molar-refractivity contribution in [3.63, 3.8) is 0 Å². The van der Waals surface area contributed by atoms with Gasteiger partial charge in [0.15, 0.2) is 11.5 Å². The van der Waals surface area contributed by atoms with Crippen molar-refractivity contribution in [2.75, 3.05) is 59.7 Å². The van der Waals surface area contributed by atoms with Crippen LogP contribution in [0.1, 0.15) is 49.7 Å². The number of benzene rings is 1. The van der Waals surface area contributed by atoms with E-state index < -0.39 is 29.9 Å². The summed E-state index contributed by atoms with van der Waals surface area (Å²) < 4.78 is 11.1. The smallest absolute Gasteiger partial charge is 0.326 e. The fraction of sp³-hybridized carbons (Fsp3) is 0.643. The van der Waals surface area contributed by atoms with Crippen LogP contribution in [0.2, 0.25) is 0 Å². The molecule has 0 aliphatic carbocycles. The molecule has 0 radical (unpaired) electrons. The first-order chi connectivity index (χ1) is 19.7. The zero-order chi connectivity index (χ0) is 29.7. The van der Waals surface area contributed by atoms with Gasteiger partial charge in [-0.2, -0.15) is 0 Å². The average Bonchev–Trinajstić information content (AvgIpc) is 3.57. The first kappa shape index (κ1) is 30.5. The molecule has 0 unspecified atom stereocenters. The Kier molecular flexibility index (Phi) is 10.1. The number of carboxylic acid groups (broad SMARTS) is 1. The minimum absolute atomic E-state index is 0.0115. The van der Waals surface area contributed by atoms with E-state index in [0.29, 0.717) is 48.7 Å². The van der Waals surface area contributed by atoms with Crippen molar-refractivity contribution in [3.8, 4) is 11.5 Å². The van der Waals surface area contributed by atoms with E-state index in [4.69, 9.17) is 15.2 Å². The zero-order valence-corrected chi connectivity index (χ0v) is 23.8. The molecule has 4 N–H and O–H groups in total. The molecule has 3 aliphatic rings. The van der Waals surface area contributed by atoms with Crippen LogP contribution in [0.3, 0.4) is 0 Å². The number of unbranched alkanes of at least 4 members (excludes halogenated alkanes) is 1. The van der Waals surface area contributed by atoms with Gasteiger partial charge in [-0.3, -0.25) is 24.2 Å². The second-order valence-electron chi connectivity index (χ2n) is 10.8. The number of carboxylic acids is 1. The van der Waals surface area contributed by atoms with E-state index in [1.165, 1.54) is 7.05 Å². The van der Waals surface area contributed by atoms with E-state index >= 15 is 0 Å². The molecule has 4 amide bonds. The molecule has 3 aliphatic heterocycles. The largest absolute Gasteiger partial charge is 0.481 e. The molecule has 4 rings (SSSR count). The van der Waals surface area contributed by atoms with E-state index in [-0.39, 0.29) is 57.8 Å². The Labute approximate surface area is 239 Å². The van der Waals surface area contributed by atoms with Gasteiger partial charge in [-0.1, -0.05) is 13.3 Å². The van der Waals surface area contributed by atoms with Crippen LogP contribution >= 0.6 is 0 Å². The second kappa shape index (κ2) is 13.5. The van der Waals surface area contributed by atoms with Crippen LogP contribution in [0, 0.1) is 5.92 Å². The summed E-state index contributed by atoms with van der Waals surface area (Å²) in [4.78, 5) is 57.2. The van der Waals surface area contributed by atoms with E-state index in [9.17, 15) is 29.4 Å². The average molecular weight is 576 g/mol. The third-order valence-corrected chi connectivity index (χ3v) is 8.30. The molecule has 0 saturated carbocycles. The van der Waals surface area contributed by atoms with Gasteiger partial charge in [0.05, 0.1) is 19.1 Å². The third-order valence-electron chi connectivity index (χ3n) is 8.30. The summed E-state index contributed by atoms with van der Waals surface area (Å²) in [5, 5.41) is 20.4. The number of ether oxygens (including phenoxy) is 2. The van der Waals surface area contributed by atoms with Gasteiger partial charge < -0.3 is 35.2 Å². The molecule has 3 heterocycles. The summed E-state index contributed by atoms with van der Waals surface area (Å²) in [7, 11) is 1.44. The highest BCUT2D eigenvalue weighted by Crippen LogP contribution is 2.44. The number of hydrogen-bond acceptors (Lipinski definition) is 9. The van der Waals surface area contributed by atoms with Gasteiger partial charge >= 0.3 is 12.0 Å². The third kappa shape index (κ3) is 6.57. The molecule has 0 spiro atoms. The minimum atomic E-state index is -1.01. The van der Waals surface area contributed by atoms with Crippen molar-refractivity contribution in [1.82, 2.24) is 19.6 Å². The lowest BCUT2D eigenvalue weighted by Gasteiger charge is -2.34. The quantitative estimate of drug-likeness (QED) is 0.304. The molecule has 41 heavy (non-hydrogen) atoms. The summed E-state index contributed by atoms with van der Waals surface area (Å²) in [5.41, 5.74) is 6.96. The highest BCUT2D eigenvalue weighted by molar-refractivity contribution is 5.96. The SMILES string of the molecule is CCCCN(CCN)C(=O)CN1C[C@H](c2cc(CO)c3c(c2)OCO3)[C@@H](C(=O)O)[C@@H]1CCN1CCC(=O)N(C)C1=O. The van der Waals surface area contributed by atoms with Gasteiger partial charge in [0.2, 0.25) is 18.6 Å². The highest BCUT2D eigenvalue weighted by atomic mass is 16.7. The predicted molar refractivity (Wildman–Crippen MR) is 147 cm³/mol. The van der Waals surface area contributed by atoms with E-state index in [0.717, 1.165) is 17.7 Å². The number of fused-ring (bicyclic) bond motifs is 1. The molecule has 226 valence electrons. The predicted octanol–water partition coefficient (Wildman–Crippen LogP) is 0.638. The molecule has 13 nitrogen and oxygen atoms in total. The lowest BCUT2D eigenvalue weighted by atomic mass is 9.83. The fourth-order valence-electron chi connectivity index (χ4n) is 6.08. The number of nitrogens with two attached hydrogens (primary N) is 1. The lowest BCUT2D eigenvalue weighted by Crippen LogP contribution is -2.52. The molecule has 3 atom stereocenters. The number of imide groups is 1. The summed E-state index contributed by atoms with van der Waals surface area (Å²) in [5.74, 6) is -1.91. The molecule has 13 heteroatoms. The second-order valence-corrected chi connectivity index (χ2v) is 10.8.